The zero-order valence-electron chi connectivity index (χ0n) is 7.40. The maximum Gasteiger partial charge on any atom is 0.0551 e. The van der Waals surface area contributed by atoms with Crippen LogP contribution in [0.5, 0.6) is 0 Å². The number of nitrogens with two attached hydrogens (primary N) is 1. The molecule has 1 aliphatic rings. The normalized spacial score (nSPS) is 20.5. The summed E-state index contributed by atoms with van der Waals surface area (Å²) in [7, 11) is 0. The fourth-order valence-corrected chi connectivity index (χ4v) is 1.62. The average Bonchev–Trinajstić information content (AvgIpc) is 2.31. The fourth-order valence-electron chi connectivity index (χ4n) is 1.62. The van der Waals surface area contributed by atoms with Gasteiger partial charge in [-0.3, -0.25) is 4.68 Å². The Bertz CT molecular complexity index is 260. The van der Waals surface area contributed by atoms with E-state index in [1.807, 2.05) is 19.2 Å². The van der Waals surface area contributed by atoms with E-state index in [4.69, 9.17) is 5.73 Å². The first kappa shape index (κ1) is 7.80. The van der Waals surface area contributed by atoms with Gasteiger partial charge in [0.1, 0.15) is 0 Å². The van der Waals surface area contributed by atoms with Crippen molar-refractivity contribution in [3.63, 3.8) is 0 Å². The largest absolute Gasteiger partial charge is 0.323 e. The van der Waals surface area contributed by atoms with Crippen molar-refractivity contribution in [2.75, 3.05) is 0 Å². The van der Waals surface area contributed by atoms with Crippen LogP contribution < -0.4 is 5.73 Å². The summed E-state index contributed by atoms with van der Waals surface area (Å²) < 4.78 is 2.09. The van der Waals surface area contributed by atoms with Crippen molar-refractivity contribution in [3.8, 4) is 0 Å². The Labute approximate surface area is 72.6 Å². The van der Waals surface area contributed by atoms with E-state index in [9.17, 15) is 0 Å². The fraction of sp³-hybridized carbons (Fsp3) is 0.667. The minimum absolute atomic E-state index is 0.105. The lowest BCUT2D eigenvalue weighted by atomic mass is 9.93. The van der Waals surface area contributed by atoms with Crippen molar-refractivity contribution in [2.45, 2.75) is 38.3 Å². The van der Waals surface area contributed by atoms with Gasteiger partial charge in [0, 0.05) is 12.2 Å². The lowest BCUT2D eigenvalue weighted by Crippen LogP contribution is -2.22. The van der Waals surface area contributed by atoms with Crippen LogP contribution in [0.15, 0.2) is 12.3 Å². The summed E-state index contributed by atoms with van der Waals surface area (Å²) >= 11 is 0. The predicted octanol–water partition coefficient (Wildman–Crippen LogP) is 1.63. The minimum Gasteiger partial charge on any atom is -0.323 e. The molecule has 0 aromatic carbocycles. The highest BCUT2D eigenvalue weighted by atomic mass is 15.3. The van der Waals surface area contributed by atoms with Crippen LogP contribution >= 0.6 is 0 Å². The molecule has 3 heteroatoms. The first-order chi connectivity index (χ1) is 5.79. The van der Waals surface area contributed by atoms with Gasteiger partial charge in [0.2, 0.25) is 0 Å². The van der Waals surface area contributed by atoms with Gasteiger partial charge in [-0.15, -0.1) is 0 Å². The van der Waals surface area contributed by atoms with Gasteiger partial charge in [0.05, 0.1) is 11.7 Å². The molecule has 1 atom stereocenters. The zero-order chi connectivity index (χ0) is 8.55. The molecule has 0 saturated heterocycles. The Balaban J connectivity index is 2.23. The molecule has 1 aliphatic carbocycles. The summed E-state index contributed by atoms with van der Waals surface area (Å²) in [6, 6.07) is 2.75. The van der Waals surface area contributed by atoms with Gasteiger partial charge < -0.3 is 5.73 Å². The van der Waals surface area contributed by atoms with E-state index in [1.54, 1.807) is 0 Å². The van der Waals surface area contributed by atoms with Crippen LogP contribution in [0.3, 0.4) is 0 Å². The van der Waals surface area contributed by atoms with Crippen molar-refractivity contribution in [3.05, 3.63) is 18.0 Å². The van der Waals surface area contributed by atoms with Crippen LogP contribution in [0.25, 0.3) is 0 Å². The highest BCUT2D eigenvalue weighted by Crippen LogP contribution is 2.32. The number of rotatable bonds is 2. The van der Waals surface area contributed by atoms with Crippen LogP contribution in [0, 0.1) is 0 Å². The van der Waals surface area contributed by atoms with Gasteiger partial charge in [-0.2, -0.15) is 5.10 Å². The van der Waals surface area contributed by atoms with Gasteiger partial charge in [0.25, 0.3) is 0 Å². The second-order valence-corrected chi connectivity index (χ2v) is 3.57. The quantitative estimate of drug-likeness (QED) is 0.723. The summed E-state index contributed by atoms with van der Waals surface area (Å²) in [6.45, 7) is 2.01. The van der Waals surface area contributed by atoms with Crippen LogP contribution in [0.4, 0.5) is 0 Å². The molecule has 66 valence electrons. The molecule has 1 fully saturated rings. The van der Waals surface area contributed by atoms with Crippen LogP contribution in [0.1, 0.15) is 44.0 Å². The molecule has 0 bridgehead atoms. The molecule has 0 aliphatic heterocycles. The van der Waals surface area contributed by atoms with Crippen molar-refractivity contribution in [1.29, 1.82) is 0 Å². The second kappa shape index (κ2) is 2.90. The van der Waals surface area contributed by atoms with Crippen molar-refractivity contribution >= 4 is 0 Å². The predicted molar refractivity (Wildman–Crippen MR) is 47.7 cm³/mol. The molecule has 0 unspecified atom stereocenters. The van der Waals surface area contributed by atoms with Gasteiger partial charge in [-0.05, 0) is 32.3 Å². The van der Waals surface area contributed by atoms with E-state index in [1.165, 1.54) is 25.0 Å². The summed E-state index contributed by atoms with van der Waals surface area (Å²) in [5, 5.41) is 4.30. The Hall–Kier alpha value is -0.830. The van der Waals surface area contributed by atoms with E-state index < -0.39 is 0 Å². The standard InChI is InChI=1S/C9H15N3/c1-7(10)9-5-6-11-12(9)8-3-2-4-8/h5-8H,2-4,10H2,1H3/t7-/m0/s1. The maximum atomic E-state index is 5.81. The van der Waals surface area contributed by atoms with E-state index in [2.05, 4.69) is 9.78 Å². The van der Waals surface area contributed by atoms with Gasteiger partial charge >= 0.3 is 0 Å². The van der Waals surface area contributed by atoms with Crippen molar-refractivity contribution < 1.29 is 0 Å². The molecule has 0 spiro atoms. The van der Waals surface area contributed by atoms with Gasteiger partial charge in [-0.1, -0.05) is 0 Å². The first-order valence-electron chi connectivity index (χ1n) is 4.58. The van der Waals surface area contributed by atoms with Crippen LogP contribution in [-0.2, 0) is 0 Å². The molecular weight excluding hydrogens is 150 g/mol. The lowest BCUT2D eigenvalue weighted by Gasteiger charge is -2.28. The van der Waals surface area contributed by atoms with Crippen molar-refractivity contribution in [2.24, 2.45) is 5.73 Å². The number of aromatic nitrogens is 2. The third-order valence-corrected chi connectivity index (χ3v) is 2.59. The molecule has 1 aromatic rings. The molecule has 0 amide bonds. The van der Waals surface area contributed by atoms with E-state index in [0.717, 1.165) is 0 Å². The molecule has 0 radical (unpaired) electrons. The molecule has 1 saturated carbocycles. The molecular formula is C9H15N3. The topological polar surface area (TPSA) is 43.8 Å². The highest BCUT2D eigenvalue weighted by molar-refractivity contribution is 5.07. The molecule has 3 nitrogen and oxygen atoms in total. The Morgan fingerprint density at radius 3 is 2.92 bits per heavy atom. The Morgan fingerprint density at radius 2 is 2.42 bits per heavy atom. The maximum absolute atomic E-state index is 5.81. The second-order valence-electron chi connectivity index (χ2n) is 3.57. The summed E-state index contributed by atoms with van der Waals surface area (Å²) in [5.74, 6) is 0. The molecule has 12 heavy (non-hydrogen) atoms. The molecule has 2 rings (SSSR count). The minimum atomic E-state index is 0.105. The van der Waals surface area contributed by atoms with E-state index in [0.29, 0.717) is 6.04 Å². The van der Waals surface area contributed by atoms with Crippen LogP contribution in [-0.4, -0.2) is 9.78 Å². The number of nitrogens with zero attached hydrogens (tertiary/aromatic N) is 2. The molecule has 1 aromatic heterocycles. The van der Waals surface area contributed by atoms with Crippen LogP contribution in [0.2, 0.25) is 0 Å². The third kappa shape index (κ3) is 1.14. The van der Waals surface area contributed by atoms with Gasteiger partial charge in [0.15, 0.2) is 0 Å². The third-order valence-electron chi connectivity index (χ3n) is 2.59. The Morgan fingerprint density at radius 1 is 1.67 bits per heavy atom. The smallest absolute Gasteiger partial charge is 0.0551 e. The average molecular weight is 165 g/mol. The molecule has 2 N–H and O–H groups in total. The number of hydrogen-bond acceptors (Lipinski definition) is 2. The van der Waals surface area contributed by atoms with E-state index >= 15 is 0 Å². The summed E-state index contributed by atoms with van der Waals surface area (Å²) in [4.78, 5) is 0. The van der Waals surface area contributed by atoms with E-state index in [-0.39, 0.29) is 6.04 Å². The summed E-state index contributed by atoms with van der Waals surface area (Å²) in [6.07, 6.45) is 5.71. The highest BCUT2D eigenvalue weighted by Gasteiger charge is 2.22. The first-order valence-corrected chi connectivity index (χ1v) is 4.58. The summed E-state index contributed by atoms with van der Waals surface area (Å²) in [5.41, 5.74) is 6.98. The zero-order valence-corrected chi connectivity index (χ0v) is 7.40. The number of hydrogen-bond donors (Lipinski definition) is 1. The van der Waals surface area contributed by atoms with Crippen molar-refractivity contribution in [1.82, 2.24) is 9.78 Å². The monoisotopic (exact) mass is 165 g/mol. The Kier molecular flexibility index (Phi) is 1.89. The SMILES string of the molecule is C[C@H](N)c1ccnn1C1CCC1. The molecule has 1 heterocycles. The van der Waals surface area contributed by atoms with Gasteiger partial charge in [-0.25, -0.2) is 0 Å². The lowest BCUT2D eigenvalue weighted by molar-refractivity contribution is 0.279.